The van der Waals surface area contributed by atoms with Crippen LogP contribution < -0.4 is 10.5 Å². The van der Waals surface area contributed by atoms with Crippen LogP contribution in [-0.2, 0) is 0 Å². The summed E-state index contributed by atoms with van der Waals surface area (Å²) in [5.41, 5.74) is 6.95. The summed E-state index contributed by atoms with van der Waals surface area (Å²) in [6.07, 6.45) is 3.66. The minimum absolute atomic E-state index is 0.0283. The Kier molecular flexibility index (Phi) is 3.72. The lowest BCUT2D eigenvalue weighted by molar-refractivity contribution is 0.101. The quantitative estimate of drug-likeness (QED) is 0.669. The van der Waals surface area contributed by atoms with E-state index in [1.54, 1.807) is 12.1 Å². The second-order valence-electron chi connectivity index (χ2n) is 4.51. The normalized spacial score (nSPS) is 14.7. The zero-order chi connectivity index (χ0) is 12.4. The molecule has 0 aliphatic heterocycles. The van der Waals surface area contributed by atoms with Crippen LogP contribution in [-0.4, -0.2) is 12.4 Å². The first-order valence-electron chi connectivity index (χ1n) is 5.80. The summed E-state index contributed by atoms with van der Waals surface area (Å²) in [4.78, 5) is 11.5. The van der Waals surface area contributed by atoms with E-state index in [1.807, 2.05) is 0 Å². The Morgan fingerprint density at radius 2 is 2.24 bits per heavy atom. The molecular weight excluding hydrogens is 282 g/mol. The van der Waals surface area contributed by atoms with Crippen LogP contribution in [0.15, 0.2) is 16.6 Å². The number of anilines is 1. The van der Waals surface area contributed by atoms with Crippen LogP contribution in [0.4, 0.5) is 5.69 Å². The van der Waals surface area contributed by atoms with Gasteiger partial charge in [-0.15, -0.1) is 0 Å². The summed E-state index contributed by atoms with van der Waals surface area (Å²) in [6, 6.07) is 3.52. The highest BCUT2D eigenvalue weighted by Crippen LogP contribution is 2.34. The van der Waals surface area contributed by atoms with Crippen LogP contribution in [0.25, 0.3) is 0 Å². The lowest BCUT2D eigenvalue weighted by Gasteiger charge is -2.12. The van der Waals surface area contributed by atoms with E-state index in [1.165, 1.54) is 19.8 Å². The first-order chi connectivity index (χ1) is 8.08. The third kappa shape index (κ3) is 3.22. The van der Waals surface area contributed by atoms with E-state index < -0.39 is 0 Å². The minimum Gasteiger partial charge on any atom is -0.491 e. The van der Waals surface area contributed by atoms with Gasteiger partial charge in [0, 0.05) is 4.47 Å². The zero-order valence-corrected chi connectivity index (χ0v) is 11.4. The maximum Gasteiger partial charge on any atom is 0.163 e. The van der Waals surface area contributed by atoms with E-state index >= 15 is 0 Å². The summed E-state index contributed by atoms with van der Waals surface area (Å²) in [7, 11) is 0. The molecule has 4 heteroatoms. The molecule has 1 aromatic carbocycles. The van der Waals surface area contributed by atoms with Crippen molar-refractivity contribution in [3.63, 3.8) is 0 Å². The Bertz CT molecular complexity index is 441. The molecule has 0 amide bonds. The van der Waals surface area contributed by atoms with E-state index in [0.29, 0.717) is 23.6 Å². The van der Waals surface area contributed by atoms with Crippen molar-refractivity contribution < 1.29 is 9.53 Å². The summed E-state index contributed by atoms with van der Waals surface area (Å²) in [5, 5.41) is 0. The third-order valence-electron chi connectivity index (χ3n) is 2.93. The molecule has 2 N–H and O–H groups in total. The van der Waals surface area contributed by atoms with Gasteiger partial charge in [0.15, 0.2) is 11.5 Å². The molecule has 1 aromatic rings. The van der Waals surface area contributed by atoms with Crippen LogP contribution in [0.3, 0.4) is 0 Å². The van der Waals surface area contributed by atoms with Crippen LogP contribution in [0.5, 0.6) is 5.75 Å². The SMILES string of the molecule is CC(=O)c1cc(Br)cc(N)c1OCCC1CC1. The van der Waals surface area contributed by atoms with Crippen molar-refractivity contribution in [3.8, 4) is 5.75 Å². The third-order valence-corrected chi connectivity index (χ3v) is 3.39. The van der Waals surface area contributed by atoms with Gasteiger partial charge in [-0.05, 0) is 31.4 Å². The highest BCUT2D eigenvalue weighted by molar-refractivity contribution is 9.10. The van der Waals surface area contributed by atoms with Crippen molar-refractivity contribution in [1.82, 2.24) is 0 Å². The number of nitrogen functional groups attached to an aromatic ring is 1. The van der Waals surface area contributed by atoms with E-state index in [2.05, 4.69) is 15.9 Å². The highest BCUT2D eigenvalue weighted by atomic mass is 79.9. The number of carbonyl (C=O) groups excluding carboxylic acids is 1. The number of ketones is 1. The summed E-state index contributed by atoms with van der Waals surface area (Å²) < 4.78 is 6.47. The van der Waals surface area contributed by atoms with Crippen LogP contribution >= 0.6 is 15.9 Å². The fraction of sp³-hybridized carbons (Fsp3) is 0.462. The summed E-state index contributed by atoms with van der Waals surface area (Å²) in [5.74, 6) is 1.31. The molecule has 92 valence electrons. The lowest BCUT2D eigenvalue weighted by atomic mass is 10.1. The molecule has 17 heavy (non-hydrogen) atoms. The monoisotopic (exact) mass is 297 g/mol. The van der Waals surface area contributed by atoms with Gasteiger partial charge in [0.05, 0.1) is 17.9 Å². The molecule has 0 saturated heterocycles. The Balaban J connectivity index is 2.14. The van der Waals surface area contributed by atoms with Crippen molar-refractivity contribution in [2.75, 3.05) is 12.3 Å². The van der Waals surface area contributed by atoms with Gasteiger partial charge in [0.1, 0.15) is 0 Å². The van der Waals surface area contributed by atoms with Crippen molar-refractivity contribution in [2.45, 2.75) is 26.2 Å². The number of rotatable bonds is 5. The Hall–Kier alpha value is -1.03. The number of ether oxygens (including phenoxy) is 1. The summed E-state index contributed by atoms with van der Waals surface area (Å²) >= 11 is 3.33. The standard InChI is InChI=1S/C13H16BrNO2/c1-8(16)11-6-10(14)7-12(15)13(11)17-5-4-9-2-3-9/h6-7,9H,2-5,15H2,1H3. The first kappa shape index (κ1) is 12.4. The van der Waals surface area contributed by atoms with E-state index in [-0.39, 0.29) is 5.78 Å². The molecule has 0 spiro atoms. The van der Waals surface area contributed by atoms with E-state index in [9.17, 15) is 4.79 Å². The molecule has 2 rings (SSSR count). The topological polar surface area (TPSA) is 52.3 Å². The molecule has 0 unspecified atom stereocenters. The van der Waals surface area contributed by atoms with Gasteiger partial charge in [-0.2, -0.15) is 0 Å². The predicted octanol–water partition coefficient (Wildman–Crippen LogP) is 3.41. The highest BCUT2D eigenvalue weighted by Gasteiger charge is 2.21. The lowest BCUT2D eigenvalue weighted by Crippen LogP contribution is -2.06. The fourth-order valence-corrected chi connectivity index (χ4v) is 2.25. The Morgan fingerprint density at radius 1 is 1.53 bits per heavy atom. The number of hydrogen-bond donors (Lipinski definition) is 1. The number of nitrogens with two attached hydrogens (primary N) is 1. The number of carbonyl (C=O) groups is 1. The molecular formula is C13H16BrNO2. The number of hydrogen-bond acceptors (Lipinski definition) is 3. The number of halogens is 1. The van der Waals surface area contributed by atoms with Gasteiger partial charge in [-0.3, -0.25) is 4.79 Å². The number of Topliss-reactive ketones (excluding diaryl/α,β-unsaturated/α-hetero) is 1. The summed E-state index contributed by atoms with van der Waals surface area (Å²) in [6.45, 7) is 2.16. The fourth-order valence-electron chi connectivity index (χ4n) is 1.77. The maximum absolute atomic E-state index is 11.5. The molecule has 0 atom stereocenters. The second kappa shape index (κ2) is 5.08. The second-order valence-corrected chi connectivity index (χ2v) is 5.42. The minimum atomic E-state index is -0.0283. The molecule has 1 saturated carbocycles. The van der Waals surface area contributed by atoms with Gasteiger partial charge in [0.25, 0.3) is 0 Å². The molecule has 0 bridgehead atoms. The van der Waals surface area contributed by atoms with Crippen molar-refractivity contribution in [1.29, 1.82) is 0 Å². The van der Waals surface area contributed by atoms with Crippen molar-refractivity contribution in [3.05, 3.63) is 22.2 Å². The van der Waals surface area contributed by atoms with Gasteiger partial charge in [-0.25, -0.2) is 0 Å². The molecule has 0 radical (unpaired) electrons. The largest absolute Gasteiger partial charge is 0.491 e. The average molecular weight is 298 g/mol. The maximum atomic E-state index is 11.5. The van der Waals surface area contributed by atoms with Crippen molar-refractivity contribution >= 4 is 27.4 Å². The van der Waals surface area contributed by atoms with Crippen molar-refractivity contribution in [2.24, 2.45) is 5.92 Å². The van der Waals surface area contributed by atoms with E-state index in [0.717, 1.165) is 16.8 Å². The molecule has 1 aliphatic carbocycles. The van der Waals surface area contributed by atoms with E-state index in [4.69, 9.17) is 10.5 Å². The van der Waals surface area contributed by atoms with Crippen LogP contribution in [0.1, 0.15) is 36.5 Å². The molecule has 0 aromatic heterocycles. The smallest absolute Gasteiger partial charge is 0.163 e. The molecule has 3 nitrogen and oxygen atoms in total. The molecule has 1 aliphatic rings. The Morgan fingerprint density at radius 3 is 2.82 bits per heavy atom. The predicted molar refractivity (Wildman–Crippen MR) is 71.4 cm³/mol. The molecule has 1 fully saturated rings. The Labute approximate surface area is 109 Å². The van der Waals surface area contributed by atoms with Gasteiger partial charge < -0.3 is 10.5 Å². The van der Waals surface area contributed by atoms with Gasteiger partial charge >= 0.3 is 0 Å². The van der Waals surface area contributed by atoms with Crippen LogP contribution in [0, 0.1) is 5.92 Å². The zero-order valence-electron chi connectivity index (χ0n) is 9.83. The van der Waals surface area contributed by atoms with Gasteiger partial charge in [-0.1, -0.05) is 28.8 Å². The number of benzene rings is 1. The molecule has 0 heterocycles. The first-order valence-corrected chi connectivity index (χ1v) is 6.60. The average Bonchev–Trinajstić information content (AvgIpc) is 3.04. The van der Waals surface area contributed by atoms with Gasteiger partial charge in [0.2, 0.25) is 0 Å². The van der Waals surface area contributed by atoms with Crippen LogP contribution in [0.2, 0.25) is 0 Å².